The van der Waals surface area contributed by atoms with Crippen molar-refractivity contribution < 1.29 is 19.1 Å². The molecule has 0 aliphatic carbocycles. The van der Waals surface area contributed by atoms with Gasteiger partial charge in [-0.2, -0.15) is 0 Å². The fourth-order valence-corrected chi connectivity index (χ4v) is 1.78. The van der Waals surface area contributed by atoms with E-state index >= 15 is 0 Å². The second kappa shape index (κ2) is 6.60. The van der Waals surface area contributed by atoms with Crippen molar-refractivity contribution in [2.45, 2.75) is 0 Å². The molecule has 1 amide bonds. The average Bonchev–Trinajstić information content (AvgIpc) is 2.91. The molecule has 0 aliphatic rings. The molecule has 0 bridgehead atoms. The van der Waals surface area contributed by atoms with Gasteiger partial charge in [-0.15, -0.1) is 0 Å². The van der Waals surface area contributed by atoms with Crippen molar-refractivity contribution in [2.24, 2.45) is 7.05 Å². The molecule has 1 N–H and O–H groups in total. The molecule has 0 atom stereocenters. The molecule has 1 aromatic carbocycles. The zero-order valence-electron chi connectivity index (χ0n) is 11.8. The number of amides is 1. The van der Waals surface area contributed by atoms with Gasteiger partial charge in [-0.3, -0.25) is 4.79 Å². The van der Waals surface area contributed by atoms with Gasteiger partial charge in [0.2, 0.25) is 0 Å². The fourth-order valence-electron chi connectivity index (χ4n) is 1.78. The smallest absolute Gasteiger partial charge is 0.355 e. The Balaban J connectivity index is 1.87. The van der Waals surface area contributed by atoms with Gasteiger partial charge in [0, 0.05) is 25.0 Å². The molecule has 2 rings (SSSR count). The second-order valence-corrected chi connectivity index (χ2v) is 4.36. The maximum atomic E-state index is 11.7. The van der Waals surface area contributed by atoms with Crippen molar-refractivity contribution >= 4 is 17.6 Å². The molecule has 0 unspecified atom stereocenters. The number of aryl methyl sites for hydroxylation is 1. The summed E-state index contributed by atoms with van der Waals surface area (Å²) in [6.45, 7) is -0.346. The van der Waals surface area contributed by atoms with Gasteiger partial charge in [0.05, 0.1) is 7.11 Å². The molecule has 1 heterocycles. The number of benzene rings is 1. The van der Waals surface area contributed by atoms with E-state index in [0.717, 1.165) is 0 Å². The summed E-state index contributed by atoms with van der Waals surface area (Å²) >= 11 is 0. The van der Waals surface area contributed by atoms with Crippen LogP contribution in [0, 0.1) is 0 Å². The SMILES string of the molecule is COc1cccc(NC(=O)COC(=O)c2cccn2C)c1. The van der Waals surface area contributed by atoms with Crippen molar-refractivity contribution in [2.75, 3.05) is 19.0 Å². The van der Waals surface area contributed by atoms with Crippen LogP contribution in [0.1, 0.15) is 10.5 Å². The molecule has 21 heavy (non-hydrogen) atoms. The van der Waals surface area contributed by atoms with E-state index < -0.39 is 11.9 Å². The van der Waals surface area contributed by atoms with Gasteiger partial charge in [0.15, 0.2) is 6.61 Å². The zero-order valence-corrected chi connectivity index (χ0v) is 11.8. The molecule has 6 nitrogen and oxygen atoms in total. The molecular weight excluding hydrogens is 272 g/mol. The monoisotopic (exact) mass is 288 g/mol. The second-order valence-electron chi connectivity index (χ2n) is 4.36. The molecule has 0 fully saturated rings. The van der Waals surface area contributed by atoms with E-state index in [2.05, 4.69) is 5.32 Å². The largest absolute Gasteiger partial charge is 0.497 e. The number of carbonyl (C=O) groups excluding carboxylic acids is 2. The van der Waals surface area contributed by atoms with E-state index in [-0.39, 0.29) is 6.61 Å². The van der Waals surface area contributed by atoms with E-state index in [1.165, 1.54) is 0 Å². The molecule has 0 saturated carbocycles. The molecule has 0 radical (unpaired) electrons. The predicted octanol–water partition coefficient (Wildman–Crippen LogP) is 1.83. The third-order valence-electron chi connectivity index (χ3n) is 2.84. The summed E-state index contributed by atoms with van der Waals surface area (Å²) < 4.78 is 11.6. The third kappa shape index (κ3) is 3.85. The van der Waals surface area contributed by atoms with Crippen LogP contribution in [-0.2, 0) is 16.6 Å². The summed E-state index contributed by atoms with van der Waals surface area (Å²) in [5.41, 5.74) is 0.971. The Hall–Kier alpha value is -2.76. The lowest BCUT2D eigenvalue weighted by Crippen LogP contribution is -2.21. The minimum atomic E-state index is -0.539. The highest BCUT2D eigenvalue weighted by molar-refractivity contribution is 5.95. The number of hydrogen-bond donors (Lipinski definition) is 1. The summed E-state index contributed by atoms with van der Waals surface area (Å²) in [5.74, 6) is -0.317. The van der Waals surface area contributed by atoms with Gasteiger partial charge < -0.3 is 19.4 Å². The van der Waals surface area contributed by atoms with Crippen LogP contribution in [0.5, 0.6) is 5.75 Å². The highest BCUT2D eigenvalue weighted by atomic mass is 16.5. The first-order chi connectivity index (χ1) is 10.1. The first-order valence-electron chi connectivity index (χ1n) is 6.32. The lowest BCUT2D eigenvalue weighted by Gasteiger charge is -2.08. The number of ether oxygens (including phenoxy) is 2. The van der Waals surface area contributed by atoms with Gasteiger partial charge in [0.1, 0.15) is 11.4 Å². The lowest BCUT2D eigenvalue weighted by atomic mass is 10.3. The number of methoxy groups -OCH3 is 1. The number of nitrogens with one attached hydrogen (secondary N) is 1. The van der Waals surface area contributed by atoms with Crippen LogP contribution >= 0.6 is 0 Å². The quantitative estimate of drug-likeness (QED) is 0.852. The van der Waals surface area contributed by atoms with Crippen LogP contribution < -0.4 is 10.1 Å². The van der Waals surface area contributed by atoms with E-state index in [1.807, 2.05) is 0 Å². The zero-order chi connectivity index (χ0) is 15.2. The molecule has 0 aliphatic heterocycles. The molecule has 2 aromatic rings. The molecular formula is C15H16N2O4. The predicted molar refractivity (Wildman–Crippen MR) is 77.3 cm³/mol. The Bertz CT molecular complexity index is 649. The van der Waals surface area contributed by atoms with E-state index in [9.17, 15) is 9.59 Å². The third-order valence-corrected chi connectivity index (χ3v) is 2.84. The first-order valence-corrected chi connectivity index (χ1v) is 6.32. The molecule has 1 aromatic heterocycles. The number of carbonyl (C=O) groups is 2. The summed E-state index contributed by atoms with van der Waals surface area (Å²) in [5, 5.41) is 2.63. The van der Waals surface area contributed by atoms with Crippen LogP contribution in [0.2, 0.25) is 0 Å². The Kier molecular flexibility index (Phi) is 4.61. The number of hydrogen-bond acceptors (Lipinski definition) is 4. The number of aromatic nitrogens is 1. The topological polar surface area (TPSA) is 69.6 Å². The van der Waals surface area contributed by atoms with Gasteiger partial charge in [-0.25, -0.2) is 4.79 Å². The van der Waals surface area contributed by atoms with Crippen molar-refractivity contribution in [1.29, 1.82) is 0 Å². The van der Waals surface area contributed by atoms with E-state index in [1.54, 1.807) is 61.3 Å². The normalized spacial score (nSPS) is 10.0. The Labute approximate surface area is 122 Å². The van der Waals surface area contributed by atoms with Gasteiger partial charge in [-0.05, 0) is 24.3 Å². The Morgan fingerprint density at radius 2 is 2.05 bits per heavy atom. The van der Waals surface area contributed by atoms with Crippen molar-refractivity contribution in [3.63, 3.8) is 0 Å². The molecule has 0 saturated heterocycles. The van der Waals surface area contributed by atoms with Crippen LogP contribution in [0.3, 0.4) is 0 Å². The summed E-state index contributed by atoms with van der Waals surface area (Å²) in [7, 11) is 3.27. The van der Waals surface area contributed by atoms with Crippen LogP contribution in [0.15, 0.2) is 42.6 Å². The highest BCUT2D eigenvalue weighted by Crippen LogP contribution is 2.16. The summed E-state index contributed by atoms with van der Waals surface area (Å²) in [6, 6.07) is 10.3. The number of anilines is 1. The van der Waals surface area contributed by atoms with E-state index in [4.69, 9.17) is 9.47 Å². The van der Waals surface area contributed by atoms with Gasteiger partial charge in [-0.1, -0.05) is 6.07 Å². The van der Waals surface area contributed by atoms with Crippen molar-refractivity contribution in [1.82, 2.24) is 4.57 Å². The van der Waals surface area contributed by atoms with Gasteiger partial charge >= 0.3 is 5.97 Å². The van der Waals surface area contributed by atoms with Crippen LogP contribution in [-0.4, -0.2) is 30.2 Å². The van der Waals surface area contributed by atoms with Crippen LogP contribution in [0.25, 0.3) is 0 Å². The number of nitrogens with zero attached hydrogens (tertiary/aromatic N) is 1. The van der Waals surface area contributed by atoms with Crippen molar-refractivity contribution in [3.8, 4) is 5.75 Å². The minimum absolute atomic E-state index is 0.346. The average molecular weight is 288 g/mol. The van der Waals surface area contributed by atoms with E-state index in [0.29, 0.717) is 17.1 Å². The Morgan fingerprint density at radius 3 is 2.71 bits per heavy atom. The molecule has 0 spiro atoms. The molecule has 110 valence electrons. The summed E-state index contributed by atoms with van der Waals surface area (Å²) in [6.07, 6.45) is 1.73. The first kappa shape index (κ1) is 14.6. The maximum Gasteiger partial charge on any atom is 0.355 e. The summed E-state index contributed by atoms with van der Waals surface area (Å²) in [4.78, 5) is 23.5. The lowest BCUT2D eigenvalue weighted by molar-refractivity contribution is -0.119. The van der Waals surface area contributed by atoms with Crippen molar-refractivity contribution in [3.05, 3.63) is 48.3 Å². The van der Waals surface area contributed by atoms with Gasteiger partial charge in [0.25, 0.3) is 5.91 Å². The molecule has 6 heteroatoms. The minimum Gasteiger partial charge on any atom is -0.497 e. The number of esters is 1. The fraction of sp³-hybridized carbons (Fsp3) is 0.200. The Morgan fingerprint density at radius 1 is 1.24 bits per heavy atom. The highest BCUT2D eigenvalue weighted by Gasteiger charge is 2.12. The standard InChI is InChI=1S/C15H16N2O4/c1-17-8-4-7-13(17)15(19)21-10-14(18)16-11-5-3-6-12(9-11)20-2/h3-9H,10H2,1-2H3,(H,16,18). The maximum absolute atomic E-state index is 11.7. The number of rotatable bonds is 5. The van der Waals surface area contributed by atoms with Crippen LogP contribution in [0.4, 0.5) is 5.69 Å².